The third-order valence-electron chi connectivity index (χ3n) is 1.29. The van der Waals surface area contributed by atoms with E-state index in [1.807, 2.05) is 0 Å². The summed E-state index contributed by atoms with van der Waals surface area (Å²) >= 11 is 10.9. The molecular formula is C4H6Cl2O2SSe. The fraction of sp³-hybridized carbons (Fsp3) is 1.00. The van der Waals surface area contributed by atoms with Crippen LogP contribution in [-0.2, 0) is 9.84 Å². The Morgan fingerprint density at radius 1 is 1.20 bits per heavy atom. The van der Waals surface area contributed by atoms with Crippen molar-refractivity contribution in [3.05, 3.63) is 0 Å². The molecule has 1 heterocycles. The molecule has 0 bridgehead atoms. The van der Waals surface area contributed by atoms with Crippen LogP contribution in [0.2, 0.25) is 0 Å². The molecule has 6 heteroatoms. The molecule has 1 aliphatic heterocycles. The number of rotatable bonds is 2. The van der Waals surface area contributed by atoms with E-state index in [2.05, 4.69) is 0 Å². The molecule has 1 fully saturated rings. The van der Waals surface area contributed by atoms with Crippen molar-refractivity contribution >= 4 is 48.0 Å². The van der Waals surface area contributed by atoms with Crippen LogP contribution in [0.4, 0.5) is 0 Å². The minimum atomic E-state index is -2.90. The van der Waals surface area contributed by atoms with Gasteiger partial charge < -0.3 is 0 Å². The average molecular weight is 268 g/mol. The fourth-order valence-corrected chi connectivity index (χ4v) is 8.00. The van der Waals surface area contributed by atoms with E-state index in [1.165, 1.54) is 0 Å². The van der Waals surface area contributed by atoms with E-state index in [-0.39, 0.29) is 35.0 Å². The molecule has 1 saturated heterocycles. The van der Waals surface area contributed by atoms with Gasteiger partial charge in [0, 0.05) is 0 Å². The van der Waals surface area contributed by atoms with Crippen molar-refractivity contribution in [3.63, 3.8) is 0 Å². The zero-order valence-electron chi connectivity index (χ0n) is 4.96. The molecule has 60 valence electrons. The van der Waals surface area contributed by atoms with E-state index < -0.39 is 9.84 Å². The minimum absolute atomic E-state index is 0.113. The molecular weight excluding hydrogens is 262 g/mol. The molecule has 0 radical (unpaired) electrons. The molecule has 0 spiro atoms. The fourth-order valence-electron chi connectivity index (χ4n) is 0.688. The third-order valence-corrected chi connectivity index (χ3v) is 11.4. The van der Waals surface area contributed by atoms with Crippen molar-refractivity contribution in [1.82, 2.24) is 0 Å². The second-order valence-electron chi connectivity index (χ2n) is 1.89. The van der Waals surface area contributed by atoms with Gasteiger partial charge in [0.2, 0.25) is 0 Å². The maximum absolute atomic E-state index is 11.1. The van der Waals surface area contributed by atoms with Crippen molar-refractivity contribution in [2.75, 3.05) is 11.8 Å². The van der Waals surface area contributed by atoms with Crippen LogP contribution in [0.1, 0.15) is 0 Å². The molecule has 1 rings (SSSR count). The van der Waals surface area contributed by atoms with Crippen LogP contribution < -0.4 is 0 Å². The Labute approximate surface area is 76.3 Å². The Morgan fingerprint density at radius 3 is 1.80 bits per heavy atom. The van der Waals surface area contributed by atoms with Gasteiger partial charge in [0.25, 0.3) is 0 Å². The van der Waals surface area contributed by atoms with Crippen molar-refractivity contribution in [2.45, 2.75) is 8.30 Å². The first-order chi connectivity index (χ1) is 4.62. The molecule has 1 aliphatic rings. The summed E-state index contributed by atoms with van der Waals surface area (Å²) in [6.07, 6.45) is 0. The average Bonchev–Trinajstić information content (AvgIpc) is 1.88. The SMILES string of the molecule is O=S1(=O)C(CCl)[Se]C1CCl. The molecule has 0 amide bonds. The second kappa shape index (κ2) is 3.19. The summed E-state index contributed by atoms with van der Waals surface area (Å²) in [5.74, 6) is 0.464. The van der Waals surface area contributed by atoms with E-state index in [9.17, 15) is 8.42 Å². The summed E-state index contributed by atoms with van der Waals surface area (Å²) in [7, 11) is -2.90. The quantitative estimate of drug-likeness (QED) is 0.531. The van der Waals surface area contributed by atoms with Crippen LogP contribution in [0, 0.1) is 0 Å². The molecule has 0 aromatic carbocycles. The molecule has 2 unspecified atom stereocenters. The van der Waals surface area contributed by atoms with Crippen LogP contribution in [-0.4, -0.2) is 43.4 Å². The molecule has 0 saturated carbocycles. The van der Waals surface area contributed by atoms with Gasteiger partial charge in [-0.25, -0.2) is 0 Å². The topological polar surface area (TPSA) is 34.1 Å². The van der Waals surface area contributed by atoms with Crippen LogP contribution in [0.25, 0.3) is 0 Å². The predicted octanol–water partition coefficient (Wildman–Crippen LogP) is 0.249. The first kappa shape index (κ1) is 9.14. The molecule has 0 aromatic heterocycles. The molecule has 0 aromatic rings. The predicted molar refractivity (Wildman–Crippen MR) is 43.7 cm³/mol. The van der Waals surface area contributed by atoms with E-state index in [1.54, 1.807) is 0 Å². The number of alkyl halides is 2. The van der Waals surface area contributed by atoms with E-state index >= 15 is 0 Å². The molecule has 2 atom stereocenters. The second-order valence-corrected chi connectivity index (χ2v) is 9.13. The van der Waals surface area contributed by atoms with Gasteiger partial charge in [-0.3, -0.25) is 0 Å². The number of hydrogen-bond acceptors (Lipinski definition) is 2. The first-order valence-electron chi connectivity index (χ1n) is 2.63. The molecule has 10 heavy (non-hydrogen) atoms. The Bertz CT molecular complexity index is 199. The maximum atomic E-state index is 11.1. The monoisotopic (exact) mass is 268 g/mol. The van der Waals surface area contributed by atoms with Crippen LogP contribution in [0.15, 0.2) is 0 Å². The Morgan fingerprint density at radius 2 is 1.60 bits per heavy atom. The van der Waals surface area contributed by atoms with Gasteiger partial charge in [0.05, 0.1) is 0 Å². The summed E-state index contributed by atoms with van der Waals surface area (Å²) in [5.41, 5.74) is 0. The summed E-state index contributed by atoms with van der Waals surface area (Å²) in [4.78, 5) is 0. The van der Waals surface area contributed by atoms with Gasteiger partial charge in [-0.2, -0.15) is 0 Å². The number of sulfone groups is 1. The summed E-state index contributed by atoms with van der Waals surface area (Å²) in [6.45, 7) is 0. The van der Waals surface area contributed by atoms with Gasteiger partial charge >= 0.3 is 76.5 Å². The Kier molecular flexibility index (Phi) is 2.92. The summed E-state index contributed by atoms with van der Waals surface area (Å²) in [5, 5.41) is 0. The zero-order valence-corrected chi connectivity index (χ0v) is 9.00. The van der Waals surface area contributed by atoms with Crippen molar-refractivity contribution in [1.29, 1.82) is 0 Å². The van der Waals surface area contributed by atoms with Crippen molar-refractivity contribution < 1.29 is 8.42 Å². The van der Waals surface area contributed by atoms with E-state index in [0.717, 1.165) is 0 Å². The van der Waals surface area contributed by atoms with Gasteiger partial charge in [-0.1, -0.05) is 0 Å². The van der Waals surface area contributed by atoms with Gasteiger partial charge in [-0.05, 0) is 0 Å². The Hall–Kier alpha value is 1.05. The molecule has 0 aliphatic carbocycles. The van der Waals surface area contributed by atoms with Crippen molar-refractivity contribution in [3.8, 4) is 0 Å². The number of hydrogen-bond donors (Lipinski definition) is 0. The summed E-state index contributed by atoms with van der Waals surface area (Å²) in [6, 6.07) is 0. The summed E-state index contributed by atoms with van der Waals surface area (Å²) < 4.78 is 21.6. The normalized spacial score (nSPS) is 37.0. The van der Waals surface area contributed by atoms with Crippen LogP contribution >= 0.6 is 23.2 Å². The van der Waals surface area contributed by atoms with Gasteiger partial charge in [0.15, 0.2) is 0 Å². The van der Waals surface area contributed by atoms with E-state index in [0.29, 0.717) is 0 Å². The first-order valence-corrected chi connectivity index (χ1v) is 7.28. The van der Waals surface area contributed by atoms with Gasteiger partial charge in [0.1, 0.15) is 0 Å². The molecule has 0 N–H and O–H groups in total. The van der Waals surface area contributed by atoms with E-state index in [4.69, 9.17) is 23.2 Å². The van der Waals surface area contributed by atoms with Crippen molar-refractivity contribution in [2.24, 2.45) is 0 Å². The van der Waals surface area contributed by atoms with Crippen LogP contribution in [0.5, 0.6) is 0 Å². The molecule has 2 nitrogen and oxygen atoms in total. The van der Waals surface area contributed by atoms with Crippen LogP contribution in [0.3, 0.4) is 0 Å². The zero-order chi connectivity index (χ0) is 7.78. The Balaban J connectivity index is 2.66. The number of halogens is 2. The third kappa shape index (κ3) is 1.32. The standard InChI is InChI=1S/C4H6Cl2O2SSe/c5-1-3-9(7,8)4(2-6)10-3/h3-4H,1-2H2. The van der Waals surface area contributed by atoms with Gasteiger partial charge in [-0.15, -0.1) is 0 Å².